The third-order valence-corrected chi connectivity index (χ3v) is 3.22. The van der Waals surface area contributed by atoms with E-state index in [1.54, 1.807) is 6.20 Å². The fourth-order valence-electron chi connectivity index (χ4n) is 1.92. The van der Waals surface area contributed by atoms with Crippen molar-refractivity contribution < 1.29 is 4.79 Å². The van der Waals surface area contributed by atoms with Crippen LogP contribution in [0.3, 0.4) is 0 Å². The molecule has 6 nitrogen and oxygen atoms in total. The van der Waals surface area contributed by atoms with E-state index in [2.05, 4.69) is 31.2 Å². The molecule has 98 valence electrons. The Morgan fingerprint density at radius 1 is 1.56 bits per heavy atom. The molecule has 1 fully saturated rings. The number of nitrogens with zero attached hydrogens (tertiary/aromatic N) is 3. The first-order valence-corrected chi connectivity index (χ1v) is 6.76. The summed E-state index contributed by atoms with van der Waals surface area (Å²) < 4.78 is 0.647. The molecule has 1 saturated heterocycles. The molecule has 2 heterocycles. The molecule has 0 spiro atoms. The number of carbonyl (C=O) groups excluding carboxylic acids is 1. The summed E-state index contributed by atoms with van der Waals surface area (Å²) in [6.45, 7) is 2.39. The Morgan fingerprint density at radius 3 is 3.11 bits per heavy atom. The number of halogens is 1. The highest BCUT2D eigenvalue weighted by molar-refractivity contribution is 9.10. The minimum Gasteiger partial charge on any atom is -0.381 e. The van der Waals surface area contributed by atoms with E-state index in [-0.39, 0.29) is 5.91 Å². The number of amides is 1. The molecule has 0 radical (unpaired) electrons. The minimum absolute atomic E-state index is 0.261. The number of nitrogen functional groups attached to an aromatic ring is 1. The van der Waals surface area contributed by atoms with Crippen LogP contribution in [0.5, 0.6) is 0 Å². The molecule has 1 aromatic rings. The van der Waals surface area contributed by atoms with Crippen molar-refractivity contribution in [2.45, 2.75) is 19.3 Å². The van der Waals surface area contributed by atoms with Crippen LogP contribution in [0.1, 0.15) is 19.3 Å². The number of aromatic nitrogens is 2. The van der Waals surface area contributed by atoms with Gasteiger partial charge in [0.2, 0.25) is 5.91 Å². The van der Waals surface area contributed by atoms with Crippen molar-refractivity contribution in [2.75, 3.05) is 30.7 Å². The van der Waals surface area contributed by atoms with Gasteiger partial charge in [-0.1, -0.05) is 0 Å². The maximum atomic E-state index is 11.4. The molecule has 0 bridgehead atoms. The molecule has 18 heavy (non-hydrogen) atoms. The second-order valence-corrected chi connectivity index (χ2v) is 5.00. The highest BCUT2D eigenvalue weighted by Crippen LogP contribution is 2.15. The first-order chi connectivity index (χ1) is 8.66. The first kappa shape index (κ1) is 13.1. The largest absolute Gasteiger partial charge is 0.381 e. The van der Waals surface area contributed by atoms with Crippen LogP contribution in [0, 0.1) is 0 Å². The summed E-state index contributed by atoms with van der Waals surface area (Å²) >= 11 is 3.24. The van der Waals surface area contributed by atoms with Crippen LogP contribution < -0.4 is 11.1 Å². The smallest absolute Gasteiger partial charge is 0.222 e. The molecule has 1 aromatic heterocycles. The van der Waals surface area contributed by atoms with E-state index in [1.165, 1.54) is 0 Å². The van der Waals surface area contributed by atoms with E-state index >= 15 is 0 Å². The fraction of sp³-hybridized carbons (Fsp3) is 0.545. The summed E-state index contributed by atoms with van der Waals surface area (Å²) in [5.41, 5.74) is 5.69. The molecular formula is C11H16BrN5O. The van der Waals surface area contributed by atoms with Gasteiger partial charge >= 0.3 is 0 Å². The lowest BCUT2D eigenvalue weighted by atomic mass is 10.4. The molecule has 0 saturated carbocycles. The van der Waals surface area contributed by atoms with Gasteiger partial charge in [-0.05, 0) is 28.8 Å². The van der Waals surface area contributed by atoms with E-state index in [4.69, 9.17) is 5.73 Å². The van der Waals surface area contributed by atoms with Crippen molar-refractivity contribution in [1.82, 2.24) is 14.9 Å². The zero-order chi connectivity index (χ0) is 13.0. The quantitative estimate of drug-likeness (QED) is 0.799. The van der Waals surface area contributed by atoms with Gasteiger partial charge in [0.1, 0.15) is 4.60 Å². The molecule has 1 aliphatic rings. The Kier molecular flexibility index (Phi) is 4.35. The zero-order valence-corrected chi connectivity index (χ0v) is 11.6. The fourth-order valence-corrected chi connectivity index (χ4v) is 2.20. The SMILES string of the molecule is Nc1ncc(Br)nc1NCCCN1CCCC1=O. The number of rotatable bonds is 5. The van der Waals surface area contributed by atoms with Gasteiger partial charge in [-0.25, -0.2) is 9.97 Å². The van der Waals surface area contributed by atoms with Crippen molar-refractivity contribution in [2.24, 2.45) is 0 Å². The van der Waals surface area contributed by atoms with Crippen molar-refractivity contribution in [3.8, 4) is 0 Å². The Balaban J connectivity index is 1.75. The average Bonchev–Trinajstić information content (AvgIpc) is 2.75. The first-order valence-electron chi connectivity index (χ1n) is 5.96. The van der Waals surface area contributed by atoms with E-state index in [1.807, 2.05) is 4.90 Å². The molecule has 0 unspecified atom stereocenters. The summed E-state index contributed by atoms with van der Waals surface area (Å²) in [5.74, 6) is 1.23. The number of hydrogen-bond acceptors (Lipinski definition) is 5. The maximum absolute atomic E-state index is 11.4. The van der Waals surface area contributed by atoms with Crippen molar-refractivity contribution in [3.63, 3.8) is 0 Å². The summed E-state index contributed by atoms with van der Waals surface area (Å²) in [6, 6.07) is 0. The third kappa shape index (κ3) is 3.32. The van der Waals surface area contributed by atoms with Gasteiger partial charge in [-0.15, -0.1) is 0 Å². The molecule has 0 atom stereocenters. The highest BCUT2D eigenvalue weighted by atomic mass is 79.9. The van der Waals surface area contributed by atoms with Crippen LogP contribution in [0.4, 0.5) is 11.6 Å². The summed E-state index contributed by atoms with van der Waals surface area (Å²) in [4.78, 5) is 21.5. The van der Waals surface area contributed by atoms with E-state index < -0.39 is 0 Å². The Morgan fingerprint density at radius 2 is 2.39 bits per heavy atom. The second kappa shape index (κ2) is 5.99. The predicted octanol–water partition coefficient (Wildman–Crippen LogP) is 1.25. The minimum atomic E-state index is 0.261. The summed E-state index contributed by atoms with van der Waals surface area (Å²) in [7, 11) is 0. The van der Waals surface area contributed by atoms with E-state index in [0.29, 0.717) is 22.7 Å². The summed E-state index contributed by atoms with van der Waals surface area (Å²) in [6.07, 6.45) is 4.11. The van der Waals surface area contributed by atoms with Crippen molar-refractivity contribution in [3.05, 3.63) is 10.8 Å². The van der Waals surface area contributed by atoms with Gasteiger partial charge in [0.25, 0.3) is 0 Å². The number of hydrogen-bond donors (Lipinski definition) is 2. The van der Waals surface area contributed by atoms with Gasteiger partial charge in [0, 0.05) is 26.1 Å². The monoisotopic (exact) mass is 313 g/mol. The van der Waals surface area contributed by atoms with Gasteiger partial charge in [-0.3, -0.25) is 4.79 Å². The number of nitrogens with one attached hydrogen (secondary N) is 1. The van der Waals surface area contributed by atoms with Crippen LogP contribution in [-0.4, -0.2) is 40.4 Å². The zero-order valence-electron chi connectivity index (χ0n) is 10.0. The molecule has 1 aliphatic heterocycles. The summed E-state index contributed by atoms with van der Waals surface area (Å²) in [5, 5.41) is 3.13. The normalized spacial score (nSPS) is 15.2. The Bertz CT molecular complexity index is 439. The van der Waals surface area contributed by atoms with E-state index in [9.17, 15) is 4.79 Å². The van der Waals surface area contributed by atoms with Gasteiger partial charge in [-0.2, -0.15) is 0 Å². The van der Waals surface area contributed by atoms with Gasteiger partial charge < -0.3 is 16.0 Å². The molecule has 0 aliphatic carbocycles. The highest BCUT2D eigenvalue weighted by Gasteiger charge is 2.18. The molecule has 1 amide bonds. The van der Waals surface area contributed by atoms with Crippen LogP contribution in [0.15, 0.2) is 10.8 Å². The van der Waals surface area contributed by atoms with Gasteiger partial charge in [0.15, 0.2) is 11.6 Å². The molecule has 2 rings (SSSR count). The lowest BCUT2D eigenvalue weighted by molar-refractivity contribution is -0.127. The topological polar surface area (TPSA) is 84.1 Å². The second-order valence-electron chi connectivity index (χ2n) is 4.19. The number of nitrogens with two attached hydrogens (primary N) is 1. The number of likely N-dealkylation sites (tertiary alicyclic amines) is 1. The van der Waals surface area contributed by atoms with Crippen LogP contribution in [0.2, 0.25) is 0 Å². The number of carbonyl (C=O) groups is 1. The lowest BCUT2D eigenvalue weighted by Crippen LogP contribution is -2.27. The lowest BCUT2D eigenvalue weighted by Gasteiger charge is -2.15. The standard InChI is InChI=1S/C11H16BrN5O/c12-8-7-15-10(13)11(16-8)14-4-2-6-17-5-1-3-9(17)18/h7H,1-6H2,(H2,13,15)(H,14,16). The van der Waals surface area contributed by atoms with Crippen molar-refractivity contribution >= 4 is 33.5 Å². The molecule has 7 heteroatoms. The van der Waals surface area contributed by atoms with Crippen LogP contribution in [-0.2, 0) is 4.79 Å². The average molecular weight is 314 g/mol. The van der Waals surface area contributed by atoms with Gasteiger partial charge in [0.05, 0.1) is 6.20 Å². The Labute approximate surface area is 114 Å². The Hall–Kier alpha value is -1.37. The number of anilines is 2. The third-order valence-electron chi connectivity index (χ3n) is 2.84. The van der Waals surface area contributed by atoms with Crippen molar-refractivity contribution in [1.29, 1.82) is 0 Å². The molecular weight excluding hydrogens is 298 g/mol. The van der Waals surface area contributed by atoms with Crippen LogP contribution in [0.25, 0.3) is 0 Å². The molecule has 3 N–H and O–H groups in total. The van der Waals surface area contributed by atoms with Crippen LogP contribution >= 0.6 is 15.9 Å². The van der Waals surface area contributed by atoms with E-state index in [0.717, 1.165) is 32.5 Å². The predicted molar refractivity (Wildman–Crippen MR) is 73.1 cm³/mol. The molecule has 0 aromatic carbocycles. The maximum Gasteiger partial charge on any atom is 0.222 e.